The molecule has 522 valence electrons. The molecule has 0 saturated heterocycles. The fourth-order valence-electron chi connectivity index (χ4n) is 8.57. The number of unbranched alkanes of at least 4 members (excludes halogenated alkanes) is 1. The fourth-order valence-corrected chi connectivity index (χ4v) is 8.57. The van der Waals surface area contributed by atoms with E-state index in [2.05, 4.69) is 68.5 Å². The van der Waals surface area contributed by atoms with Gasteiger partial charge in [-0.15, -0.1) is 0 Å². The molecular formula is C56H96N20O17. The number of aliphatic hydroxyl groups is 2. The first-order valence-corrected chi connectivity index (χ1v) is 30.1. The first-order valence-electron chi connectivity index (χ1n) is 30.1. The molecule has 12 amide bonds. The lowest BCUT2D eigenvalue weighted by Crippen LogP contribution is -2.62. The molecule has 0 aliphatic heterocycles. The number of benzene rings is 1. The molecule has 12 atom stereocenters. The molecule has 0 aliphatic rings. The van der Waals surface area contributed by atoms with Gasteiger partial charge in [-0.1, -0.05) is 46.2 Å². The van der Waals surface area contributed by atoms with E-state index < -0.39 is 181 Å². The summed E-state index contributed by atoms with van der Waals surface area (Å²) in [4.78, 5) is 180. The zero-order valence-corrected chi connectivity index (χ0v) is 53.2. The second-order valence-electron chi connectivity index (χ2n) is 22.3. The number of aliphatic imine (C=N–C) groups is 2. The molecule has 0 saturated carbocycles. The van der Waals surface area contributed by atoms with E-state index in [9.17, 15) is 82.8 Å². The van der Waals surface area contributed by atoms with E-state index in [1.165, 1.54) is 38.1 Å². The first-order chi connectivity index (χ1) is 43.6. The number of rotatable bonds is 44. The van der Waals surface area contributed by atoms with Gasteiger partial charge in [0.1, 0.15) is 54.1 Å². The predicted molar refractivity (Wildman–Crippen MR) is 336 cm³/mol. The van der Waals surface area contributed by atoms with Crippen molar-refractivity contribution >= 4 is 88.8 Å². The Labute approximate surface area is 537 Å². The van der Waals surface area contributed by atoms with Crippen molar-refractivity contribution in [3.63, 3.8) is 0 Å². The van der Waals surface area contributed by atoms with Gasteiger partial charge in [-0.2, -0.15) is 0 Å². The Morgan fingerprint density at radius 1 is 0.484 bits per heavy atom. The minimum absolute atomic E-state index is 0.0712. The van der Waals surface area contributed by atoms with E-state index in [0.717, 1.165) is 13.8 Å². The summed E-state index contributed by atoms with van der Waals surface area (Å²) in [5.74, 6) is -15.1. The number of aliphatic hydroxyl groups excluding tert-OH is 2. The molecule has 0 unspecified atom stereocenters. The standard InChI is InChI=1S/C56H96N20O17/c1-7-28(4)43(73-41(83)26-66-46(84)33(58)12-10-20-64-55(60)61)51(89)76-45(30(6)78)53(91)74-42(27(2)3)50(88)72-37(23-38(59)80)48(86)68-24-39(81)69-34(13-8-9-19-57)49(87)75-44(29(5)77)52(90)71-36(22-31-15-17-32(79)18-16-31)47(85)67-25-40(82)70-35(54(92)93)14-11-21-65-56(62)63/h15-18,27-30,33-37,42-45,77-79H,7-14,19-26,57-58H2,1-6H3,(H2,59,80)(H,66,84)(H,67,85)(H,68,86)(H,69,81)(H,70,82)(H,71,90)(H,72,88)(H,73,83)(H,74,91)(H,75,87)(H,76,89)(H,92,93)(H4,60,61,64)(H4,62,63,65)/t28-,29+,30+,33-,34-,35-,36-,37-,42-,43-,44-,45-/m0/s1. The number of aromatic hydroxyl groups is 1. The lowest BCUT2D eigenvalue weighted by molar-refractivity contribution is -0.142. The van der Waals surface area contributed by atoms with Gasteiger partial charge < -0.3 is 119 Å². The number of amides is 12. The Hall–Kier alpha value is -9.49. The number of phenolic OH excluding ortho intramolecular Hbond substituents is 1. The van der Waals surface area contributed by atoms with Crippen molar-refractivity contribution in [2.45, 2.75) is 172 Å². The Kier molecular flexibility index (Phi) is 37.3. The number of primary amides is 1. The largest absolute Gasteiger partial charge is 0.508 e. The van der Waals surface area contributed by atoms with Gasteiger partial charge in [0.25, 0.3) is 0 Å². The number of carbonyl (C=O) groups is 13. The van der Waals surface area contributed by atoms with Gasteiger partial charge in [-0.3, -0.25) is 67.5 Å². The number of nitrogens with one attached hydrogen (secondary N) is 11. The molecule has 37 heteroatoms. The summed E-state index contributed by atoms with van der Waals surface area (Å²) >= 11 is 0. The van der Waals surface area contributed by atoms with Crippen molar-refractivity contribution in [2.75, 3.05) is 39.3 Å². The van der Waals surface area contributed by atoms with Crippen molar-refractivity contribution in [2.24, 2.45) is 62.0 Å². The highest BCUT2D eigenvalue weighted by Crippen LogP contribution is 2.14. The number of carbonyl (C=O) groups excluding carboxylic acids is 12. The molecule has 1 rings (SSSR count). The topological polar surface area (TPSA) is 642 Å². The Morgan fingerprint density at radius 2 is 0.914 bits per heavy atom. The maximum atomic E-state index is 13.9. The summed E-state index contributed by atoms with van der Waals surface area (Å²) in [6.07, 6.45) is -3.01. The first kappa shape index (κ1) is 81.5. The summed E-state index contributed by atoms with van der Waals surface area (Å²) < 4.78 is 0. The van der Waals surface area contributed by atoms with Crippen LogP contribution in [0.15, 0.2) is 34.3 Å². The Bertz CT molecular complexity index is 2740. The van der Waals surface area contributed by atoms with Crippen LogP contribution in [0.2, 0.25) is 0 Å². The molecule has 0 radical (unpaired) electrons. The van der Waals surface area contributed by atoms with E-state index in [0.29, 0.717) is 24.8 Å². The SMILES string of the molecule is CC[C@H](C)[C@H](NC(=O)CNC(=O)[C@@H](N)CCCN=C(N)N)C(=O)N[C@H](C(=O)N[C@H](C(=O)N[C@@H](CC(N)=O)C(=O)NCC(=O)N[C@@H](CCCCN)C(=O)N[C@H](C(=O)N[C@@H](Cc1ccc(O)cc1)C(=O)NCC(=O)N[C@@H](CCCN=C(N)N)C(=O)O)[C@@H](C)O)C(C)C)[C@@H](C)O. The van der Waals surface area contributed by atoms with Crippen LogP contribution in [-0.4, -0.2) is 215 Å². The third-order valence-electron chi connectivity index (χ3n) is 14.0. The maximum Gasteiger partial charge on any atom is 0.326 e. The van der Waals surface area contributed by atoms with E-state index in [4.69, 9.17) is 40.1 Å². The summed E-state index contributed by atoms with van der Waals surface area (Å²) in [5.41, 5.74) is 38.6. The molecule has 29 N–H and O–H groups in total. The highest BCUT2D eigenvalue weighted by Gasteiger charge is 2.37. The number of carboxylic acids is 1. The second kappa shape index (κ2) is 42.5. The number of guanidine groups is 2. The van der Waals surface area contributed by atoms with Gasteiger partial charge in [0.15, 0.2) is 11.9 Å². The van der Waals surface area contributed by atoms with Crippen molar-refractivity contribution in [1.82, 2.24) is 58.5 Å². The van der Waals surface area contributed by atoms with Crippen LogP contribution in [0.25, 0.3) is 0 Å². The van der Waals surface area contributed by atoms with E-state index in [1.54, 1.807) is 13.8 Å². The summed E-state index contributed by atoms with van der Waals surface area (Å²) in [5, 5.41) is 67.0. The van der Waals surface area contributed by atoms with E-state index in [-0.39, 0.29) is 75.8 Å². The molecule has 1 aromatic rings. The van der Waals surface area contributed by atoms with Gasteiger partial charge in [0, 0.05) is 19.5 Å². The summed E-state index contributed by atoms with van der Waals surface area (Å²) in [7, 11) is 0. The molecule has 0 aliphatic carbocycles. The predicted octanol–water partition coefficient (Wildman–Crippen LogP) is -8.85. The number of nitrogens with zero attached hydrogens (tertiary/aromatic N) is 2. The van der Waals surface area contributed by atoms with Gasteiger partial charge >= 0.3 is 5.97 Å². The van der Waals surface area contributed by atoms with Crippen LogP contribution in [0.5, 0.6) is 5.75 Å². The number of nitrogens with two attached hydrogens (primary N) is 7. The summed E-state index contributed by atoms with van der Waals surface area (Å²) in [6.45, 7) is 6.79. The van der Waals surface area contributed by atoms with Crippen molar-refractivity contribution in [3.8, 4) is 5.75 Å². The second-order valence-corrected chi connectivity index (χ2v) is 22.3. The van der Waals surface area contributed by atoms with Crippen LogP contribution in [0, 0.1) is 11.8 Å². The van der Waals surface area contributed by atoms with Gasteiger partial charge in [0.05, 0.1) is 44.3 Å². The number of carboxylic acid groups (broad SMARTS) is 1. The highest BCUT2D eigenvalue weighted by atomic mass is 16.4. The van der Waals surface area contributed by atoms with Crippen LogP contribution < -0.4 is 98.6 Å². The maximum absolute atomic E-state index is 13.9. The van der Waals surface area contributed by atoms with Crippen LogP contribution in [0.1, 0.15) is 105 Å². The molecule has 37 nitrogen and oxygen atoms in total. The molecular weight excluding hydrogens is 1220 g/mol. The van der Waals surface area contributed by atoms with Gasteiger partial charge in [-0.25, -0.2) is 4.79 Å². The lowest BCUT2D eigenvalue weighted by Gasteiger charge is -2.30. The number of hydrogen-bond acceptors (Lipinski definition) is 20. The number of aliphatic carboxylic acids is 1. The molecule has 0 heterocycles. The molecule has 1 aromatic carbocycles. The van der Waals surface area contributed by atoms with Crippen molar-refractivity contribution < 1.29 is 82.8 Å². The molecule has 0 fully saturated rings. The highest BCUT2D eigenvalue weighted by molar-refractivity contribution is 5.99. The summed E-state index contributed by atoms with van der Waals surface area (Å²) in [6, 6.07) is -8.20. The molecule has 0 bridgehead atoms. The zero-order valence-electron chi connectivity index (χ0n) is 53.2. The normalized spacial score (nSPS) is 14.8. The van der Waals surface area contributed by atoms with Crippen molar-refractivity contribution in [3.05, 3.63) is 29.8 Å². The quantitative estimate of drug-likeness (QED) is 0.0164. The number of phenols is 1. The minimum atomic E-state index is -1.82. The third-order valence-corrected chi connectivity index (χ3v) is 14.0. The fraction of sp³-hybridized carbons (Fsp3) is 0.625. The van der Waals surface area contributed by atoms with Crippen LogP contribution in [-0.2, 0) is 68.7 Å². The van der Waals surface area contributed by atoms with Gasteiger partial charge in [0.2, 0.25) is 70.9 Å². The van der Waals surface area contributed by atoms with E-state index in [1.807, 2.05) is 0 Å². The lowest BCUT2D eigenvalue weighted by atomic mass is 9.97. The minimum Gasteiger partial charge on any atom is -0.508 e. The van der Waals surface area contributed by atoms with Crippen molar-refractivity contribution in [1.29, 1.82) is 0 Å². The molecule has 0 spiro atoms. The van der Waals surface area contributed by atoms with Crippen LogP contribution in [0.3, 0.4) is 0 Å². The smallest absolute Gasteiger partial charge is 0.326 e. The number of hydrogen-bond donors (Lipinski definition) is 22. The third kappa shape index (κ3) is 32.4. The zero-order chi connectivity index (χ0) is 70.7. The van der Waals surface area contributed by atoms with Crippen LogP contribution >= 0.6 is 0 Å². The van der Waals surface area contributed by atoms with Crippen LogP contribution in [0.4, 0.5) is 0 Å². The van der Waals surface area contributed by atoms with E-state index >= 15 is 0 Å². The Morgan fingerprint density at radius 3 is 1.40 bits per heavy atom. The molecule has 93 heavy (non-hydrogen) atoms. The van der Waals surface area contributed by atoms with Gasteiger partial charge in [-0.05, 0) is 94.9 Å². The monoisotopic (exact) mass is 1320 g/mol. The average Bonchev–Trinajstić information content (AvgIpc) is 0.973. The molecule has 0 aromatic heterocycles. The Balaban J connectivity index is 3.25. The average molecular weight is 1320 g/mol.